The van der Waals surface area contributed by atoms with Gasteiger partial charge in [0.1, 0.15) is 11.5 Å². The first-order valence-electron chi connectivity index (χ1n) is 5.36. The predicted molar refractivity (Wildman–Crippen MR) is 77.6 cm³/mol. The van der Waals surface area contributed by atoms with Crippen LogP contribution < -0.4 is 15.2 Å². The maximum Gasteiger partial charge on any atom is 0.127 e. The molecule has 0 amide bonds. The fourth-order valence-electron chi connectivity index (χ4n) is 1.76. The molecule has 0 saturated carbocycles. The summed E-state index contributed by atoms with van der Waals surface area (Å²) in [5.41, 5.74) is 8.29. The maximum absolute atomic E-state index is 6.29. The van der Waals surface area contributed by atoms with Crippen LogP contribution in [0.4, 0.5) is 0 Å². The lowest BCUT2D eigenvalue weighted by Gasteiger charge is -2.16. The molecule has 96 valence electrons. The third kappa shape index (κ3) is 2.53. The third-order valence-corrected chi connectivity index (χ3v) is 4.50. The number of methoxy groups -OCH3 is 2. The number of hydrogen-bond donors (Lipinski definition) is 1. The van der Waals surface area contributed by atoms with Gasteiger partial charge in [0.15, 0.2) is 0 Å². The van der Waals surface area contributed by atoms with E-state index in [0.29, 0.717) is 0 Å². The molecule has 0 spiro atoms. The molecule has 0 saturated heterocycles. The van der Waals surface area contributed by atoms with E-state index in [2.05, 4.69) is 15.9 Å². The minimum atomic E-state index is -0.216. The van der Waals surface area contributed by atoms with E-state index in [-0.39, 0.29) is 6.04 Å². The molecule has 0 bridgehead atoms. The smallest absolute Gasteiger partial charge is 0.127 e. The Labute approximate surface area is 119 Å². The summed E-state index contributed by atoms with van der Waals surface area (Å²) in [6.45, 7) is 0. The second kappa shape index (κ2) is 5.73. The van der Waals surface area contributed by atoms with Crippen LogP contribution in [-0.4, -0.2) is 14.2 Å². The van der Waals surface area contributed by atoms with Gasteiger partial charge >= 0.3 is 0 Å². The van der Waals surface area contributed by atoms with Gasteiger partial charge in [-0.2, -0.15) is 11.3 Å². The molecule has 0 aliphatic rings. The fourth-order valence-corrected chi connectivity index (χ4v) is 3.34. The van der Waals surface area contributed by atoms with Crippen LogP contribution in [-0.2, 0) is 0 Å². The van der Waals surface area contributed by atoms with Crippen molar-refractivity contribution in [1.82, 2.24) is 0 Å². The molecular formula is C13H14BrNO2S. The lowest BCUT2D eigenvalue weighted by Crippen LogP contribution is -2.12. The molecular weight excluding hydrogens is 314 g/mol. The van der Waals surface area contributed by atoms with Crippen LogP contribution in [0, 0.1) is 0 Å². The van der Waals surface area contributed by atoms with Crippen LogP contribution in [0.1, 0.15) is 17.2 Å². The quantitative estimate of drug-likeness (QED) is 0.933. The van der Waals surface area contributed by atoms with Gasteiger partial charge in [-0.15, -0.1) is 0 Å². The Morgan fingerprint density at radius 2 is 1.94 bits per heavy atom. The molecule has 18 heavy (non-hydrogen) atoms. The summed E-state index contributed by atoms with van der Waals surface area (Å²) >= 11 is 5.12. The van der Waals surface area contributed by atoms with Gasteiger partial charge in [-0.1, -0.05) is 0 Å². The molecule has 1 aromatic carbocycles. The lowest BCUT2D eigenvalue weighted by molar-refractivity contribution is 0.390. The molecule has 0 radical (unpaired) electrons. The first kappa shape index (κ1) is 13.4. The molecule has 2 N–H and O–H groups in total. The van der Waals surface area contributed by atoms with E-state index >= 15 is 0 Å². The van der Waals surface area contributed by atoms with Crippen LogP contribution in [0.15, 0.2) is 33.4 Å². The van der Waals surface area contributed by atoms with Crippen molar-refractivity contribution >= 4 is 27.3 Å². The average molecular weight is 328 g/mol. The Morgan fingerprint density at radius 1 is 1.17 bits per heavy atom. The van der Waals surface area contributed by atoms with Crippen LogP contribution in [0.25, 0.3) is 0 Å². The highest BCUT2D eigenvalue weighted by molar-refractivity contribution is 9.10. The molecule has 1 aromatic heterocycles. The number of ether oxygens (including phenoxy) is 2. The van der Waals surface area contributed by atoms with Crippen LogP contribution in [0.2, 0.25) is 0 Å². The number of benzene rings is 1. The van der Waals surface area contributed by atoms with Gasteiger partial charge in [-0.25, -0.2) is 0 Å². The largest absolute Gasteiger partial charge is 0.497 e. The van der Waals surface area contributed by atoms with Crippen LogP contribution >= 0.6 is 27.3 Å². The van der Waals surface area contributed by atoms with E-state index in [1.54, 1.807) is 25.6 Å². The first-order chi connectivity index (χ1) is 8.67. The molecule has 2 aromatic rings. The van der Waals surface area contributed by atoms with Gasteiger partial charge in [0.25, 0.3) is 0 Å². The Bertz CT molecular complexity index is 542. The number of thiophene rings is 1. The highest BCUT2D eigenvalue weighted by atomic mass is 79.9. The van der Waals surface area contributed by atoms with Crippen LogP contribution in [0.5, 0.6) is 11.5 Å². The molecule has 0 aliphatic carbocycles. The summed E-state index contributed by atoms with van der Waals surface area (Å²) in [5.74, 6) is 1.49. The summed E-state index contributed by atoms with van der Waals surface area (Å²) in [5, 5.41) is 4.06. The van der Waals surface area contributed by atoms with Crippen molar-refractivity contribution in [3.05, 3.63) is 44.6 Å². The number of rotatable bonds is 4. The van der Waals surface area contributed by atoms with E-state index in [0.717, 1.165) is 27.1 Å². The zero-order valence-corrected chi connectivity index (χ0v) is 12.5. The van der Waals surface area contributed by atoms with Gasteiger partial charge in [-0.05, 0) is 39.0 Å². The Hall–Kier alpha value is -1.04. The number of nitrogens with two attached hydrogens (primary N) is 1. The molecule has 0 fully saturated rings. The van der Waals surface area contributed by atoms with Gasteiger partial charge < -0.3 is 15.2 Å². The predicted octanol–water partition coefficient (Wildman–Crippen LogP) is 3.58. The van der Waals surface area contributed by atoms with Crippen molar-refractivity contribution in [1.29, 1.82) is 0 Å². The Kier molecular flexibility index (Phi) is 4.27. The van der Waals surface area contributed by atoms with E-state index in [9.17, 15) is 0 Å². The third-order valence-electron chi connectivity index (χ3n) is 2.75. The molecule has 3 nitrogen and oxygen atoms in total. The number of halogens is 1. The summed E-state index contributed by atoms with van der Waals surface area (Å²) in [6, 6.07) is 5.45. The zero-order valence-electron chi connectivity index (χ0n) is 10.1. The van der Waals surface area contributed by atoms with E-state index in [1.807, 2.05) is 29.0 Å². The van der Waals surface area contributed by atoms with Crippen molar-refractivity contribution < 1.29 is 9.47 Å². The fraction of sp³-hybridized carbons (Fsp3) is 0.231. The lowest BCUT2D eigenvalue weighted by atomic mass is 10.0. The topological polar surface area (TPSA) is 44.5 Å². The summed E-state index contributed by atoms with van der Waals surface area (Å²) in [7, 11) is 3.26. The first-order valence-corrected chi connectivity index (χ1v) is 7.10. The maximum atomic E-state index is 6.29. The van der Waals surface area contributed by atoms with Crippen LogP contribution in [0.3, 0.4) is 0 Å². The Balaban J connectivity index is 2.41. The molecule has 1 atom stereocenters. The van der Waals surface area contributed by atoms with Gasteiger partial charge in [0.2, 0.25) is 0 Å². The van der Waals surface area contributed by atoms with E-state index in [4.69, 9.17) is 15.2 Å². The Morgan fingerprint density at radius 3 is 2.50 bits per heavy atom. The summed E-state index contributed by atoms with van der Waals surface area (Å²) in [4.78, 5) is 0. The van der Waals surface area contributed by atoms with E-state index < -0.39 is 0 Å². The highest BCUT2D eigenvalue weighted by Crippen LogP contribution is 2.35. The molecule has 0 aliphatic heterocycles. The van der Waals surface area contributed by atoms with Gasteiger partial charge in [-0.3, -0.25) is 0 Å². The monoisotopic (exact) mass is 327 g/mol. The van der Waals surface area contributed by atoms with Gasteiger partial charge in [0, 0.05) is 21.5 Å². The number of hydrogen-bond acceptors (Lipinski definition) is 4. The molecule has 1 heterocycles. The second-order valence-corrected chi connectivity index (χ2v) is 5.36. The van der Waals surface area contributed by atoms with Crippen molar-refractivity contribution in [2.24, 2.45) is 5.73 Å². The van der Waals surface area contributed by atoms with Crippen molar-refractivity contribution in [3.63, 3.8) is 0 Å². The summed E-state index contributed by atoms with van der Waals surface area (Å²) < 4.78 is 11.6. The molecule has 2 rings (SSSR count). The van der Waals surface area contributed by atoms with Crippen molar-refractivity contribution in [2.75, 3.05) is 14.2 Å². The standard InChI is InChI=1S/C13H14BrNO2S/c1-16-8-3-4-9(12(5-8)17-2)13(15)10-6-18-7-11(10)14/h3-7,13H,15H2,1-2H3. The van der Waals surface area contributed by atoms with Crippen molar-refractivity contribution in [2.45, 2.75) is 6.04 Å². The summed E-state index contributed by atoms with van der Waals surface area (Å²) in [6.07, 6.45) is 0. The minimum absolute atomic E-state index is 0.216. The molecule has 1 unspecified atom stereocenters. The SMILES string of the molecule is COc1ccc(C(N)c2cscc2Br)c(OC)c1. The molecule has 5 heteroatoms. The zero-order chi connectivity index (χ0) is 13.1. The normalized spacial score (nSPS) is 12.2. The average Bonchev–Trinajstić information content (AvgIpc) is 2.83. The van der Waals surface area contributed by atoms with Gasteiger partial charge in [0.05, 0.1) is 20.3 Å². The highest BCUT2D eigenvalue weighted by Gasteiger charge is 2.17. The van der Waals surface area contributed by atoms with E-state index in [1.165, 1.54) is 0 Å². The minimum Gasteiger partial charge on any atom is -0.497 e. The van der Waals surface area contributed by atoms with Crippen molar-refractivity contribution in [3.8, 4) is 11.5 Å². The second-order valence-electron chi connectivity index (χ2n) is 3.76.